The number of benzene rings is 9. The van der Waals surface area contributed by atoms with E-state index in [2.05, 4.69) is 193 Å². The molecule has 0 aliphatic rings. The average Bonchev–Trinajstić information content (AvgIpc) is 3.81. The molecule has 0 aliphatic carbocycles. The van der Waals surface area contributed by atoms with Crippen LogP contribution in [0.1, 0.15) is 0 Å². The fourth-order valence-corrected chi connectivity index (χ4v) is 9.41. The first kappa shape index (κ1) is 30.0. The van der Waals surface area contributed by atoms with Gasteiger partial charge in [0.2, 0.25) is 0 Å². The van der Waals surface area contributed by atoms with Crippen molar-refractivity contribution in [2.24, 2.45) is 0 Å². The van der Waals surface area contributed by atoms with Crippen LogP contribution in [0.25, 0.3) is 85.9 Å². The van der Waals surface area contributed by atoms with Gasteiger partial charge in [0.05, 0.1) is 11.4 Å². The molecule has 9 aromatic carbocycles. The van der Waals surface area contributed by atoms with Gasteiger partial charge < -0.3 is 9.32 Å². The molecule has 2 nitrogen and oxygen atoms in total. The minimum Gasteiger partial charge on any atom is -0.454 e. The fraction of sp³-hybridized carbons (Fsp3) is 0. The van der Waals surface area contributed by atoms with E-state index >= 15 is 0 Å². The van der Waals surface area contributed by atoms with E-state index in [4.69, 9.17) is 4.42 Å². The van der Waals surface area contributed by atoms with E-state index < -0.39 is 0 Å². The van der Waals surface area contributed by atoms with E-state index in [-0.39, 0.29) is 0 Å². The Labute approximate surface area is 310 Å². The second-order valence-electron chi connectivity index (χ2n) is 13.6. The minimum absolute atomic E-state index is 0.864. The maximum atomic E-state index is 6.90. The first-order valence-corrected chi connectivity index (χ1v) is 18.8. The molecule has 0 saturated carbocycles. The maximum absolute atomic E-state index is 6.90. The molecule has 0 N–H and O–H groups in total. The average molecular weight is 694 g/mol. The summed E-state index contributed by atoms with van der Waals surface area (Å²) in [5, 5.41) is 9.69. The normalized spacial score (nSPS) is 11.8. The van der Waals surface area contributed by atoms with Gasteiger partial charge in [-0.1, -0.05) is 146 Å². The third-order valence-electron chi connectivity index (χ3n) is 10.7. The van der Waals surface area contributed by atoms with Crippen LogP contribution in [0.4, 0.5) is 17.1 Å². The summed E-state index contributed by atoms with van der Waals surface area (Å²) in [6.45, 7) is 0. The van der Waals surface area contributed by atoms with Crippen LogP contribution in [0, 0.1) is 0 Å². The molecule has 0 unspecified atom stereocenters. The van der Waals surface area contributed by atoms with Gasteiger partial charge in [0.15, 0.2) is 5.58 Å². The molecular weight excluding hydrogens is 663 g/mol. The molecule has 11 aromatic rings. The van der Waals surface area contributed by atoms with Gasteiger partial charge in [-0.2, -0.15) is 0 Å². The summed E-state index contributed by atoms with van der Waals surface area (Å²) in [4.78, 5) is 2.40. The Kier molecular flexibility index (Phi) is 6.76. The molecule has 0 bridgehead atoms. The number of hydrogen-bond acceptors (Lipinski definition) is 3. The number of hydrogen-bond donors (Lipinski definition) is 0. The molecule has 11 rings (SSSR count). The quantitative estimate of drug-likeness (QED) is 0.167. The van der Waals surface area contributed by atoms with Crippen molar-refractivity contribution in [3.05, 3.63) is 188 Å². The number of para-hydroxylation sites is 1. The Hall–Kier alpha value is -6.68. The van der Waals surface area contributed by atoms with Gasteiger partial charge in [-0.3, -0.25) is 0 Å². The van der Waals surface area contributed by atoms with Crippen LogP contribution >= 0.6 is 11.3 Å². The number of fused-ring (bicyclic) bond motifs is 9. The van der Waals surface area contributed by atoms with E-state index in [9.17, 15) is 0 Å². The second kappa shape index (κ2) is 11.9. The molecule has 0 spiro atoms. The van der Waals surface area contributed by atoms with Gasteiger partial charge in [-0.15, -0.1) is 11.3 Å². The lowest BCUT2D eigenvalue weighted by atomic mass is 9.96. The Bertz CT molecular complexity index is 3170. The molecule has 0 aliphatic heterocycles. The molecule has 0 amide bonds. The van der Waals surface area contributed by atoms with Crippen molar-refractivity contribution in [2.45, 2.75) is 0 Å². The number of thiophene rings is 1. The van der Waals surface area contributed by atoms with E-state index in [1.807, 2.05) is 11.3 Å². The summed E-state index contributed by atoms with van der Waals surface area (Å²) in [5.74, 6) is 0. The molecule has 248 valence electrons. The number of furan rings is 1. The van der Waals surface area contributed by atoms with Crippen LogP contribution in [0.2, 0.25) is 0 Å². The first-order valence-electron chi connectivity index (χ1n) is 18.0. The Morgan fingerprint density at radius 3 is 1.89 bits per heavy atom. The maximum Gasteiger partial charge on any atom is 0.160 e. The van der Waals surface area contributed by atoms with Crippen molar-refractivity contribution in [3.8, 4) is 22.3 Å². The molecule has 0 saturated heterocycles. The van der Waals surface area contributed by atoms with Gasteiger partial charge >= 0.3 is 0 Å². The Balaban J connectivity index is 1.19. The zero-order valence-corrected chi connectivity index (χ0v) is 29.5. The van der Waals surface area contributed by atoms with Gasteiger partial charge in [-0.25, -0.2) is 0 Å². The first-order chi connectivity index (χ1) is 26.3. The molecule has 2 aromatic heterocycles. The molecule has 0 fully saturated rings. The fourth-order valence-electron chi connectivity index (χ4n) is 8.28. The summed E-state index contributed by atoms with van der Waals surface area (Å²) in [6, 6.07) is 67.9. The van der Waals surface area contributed by atoms with Crippen molar-refractivity contribution in [1.29, 1.82) is 0 Å². The molecule has 2 heterocycles. The summed E-state index contributed by atoms with van der Waals surface area (Å²) in [5.41, 5.74) is 9.67. The third kappa shape index (κ3) is 4.71. The smallest absolute Gasteiger partial charge is 0.160 e. The highest BCUT2D eigenvalue weighted by molar-refractivity contribution is 7.25. The van der Waals surface area contributed by atoms with Crippen LogP contribution < -0.4 is 4.90 Å². The van der Waals surface area contributed by atoms with Crippen molar-refractivity contribution in [2.75, 3.05) is 4.90 Å². The molecule has 0 atom stereocenters. The van der Waals surface area contributed by atoms with Crippen LogP contribution in [-0.2, 0) is 0 Å². The SMILES string of the molecule is c1ccc(-c2ccc(N(c3ccc(-c4cccc5sc6ccccc6c45)cc3)c3cc4ccccc4c4ccccc34)c3oc4ccccc4c23)cc1. The van der Waals surface area contributed by atoms with E-state index in [0.717, 1.165) is 50.1 Å². The summed E-state index contributed by atoms with van der Waals surface area (Å²) < 4.78 is 9.52. The standard InChI is InChI=1S/C50H31NOS/c1-2-13-32(14-3-1)38-29-30-43(50-49(38)41-19-8-10-22-45(41)52-50)51(44-31-34-15-4-5-16-36(34)39-17-6-7-18-40(39)44)35-27-25-33(26-28-35)37-21-12-24-47-48(37)42-20-9-11-23-46(42)53-47/h1-31H. The van der Waals surface area contributed by atoms with Gasteiger partial charge in [0, 0.05) is 42.0 Å². The predicted molar refractivity (Wildman–Crippen MR) is 227 cm³/mol. The van der Waals surface area contributed by atoms with Crippen LogP contribution in [0.5, 0.6) is 0 Å². The highest BCUT2D eigenvalue weighted by Gasteiger charge is 2.24. The van der Waals surface area contributed by atoms with Gasteiger partial charge in [0.25, 0.3) is 0 Å². The Morgan fingerprint density at radius 2 is 1.04 bits per heavy atom. The lowest BCUT2D eigenvalue weighted by Gasteiger charge is -2.28. The van der Waals surface area contributed by atoms with Crippen molar-refractivity contribution < 1.29 is 4.42 Å². The lowest BCUT2D eigenvalue weighted by molar-refractivity contribution is 0.669. The molecule has 53 heavy (non-hydrogen) atoms. The summed E-state index contributed by atoms with van der Waals surface area (Å²) in [6.07, 6.45) is 0. The zero-order chi connectivity index (χ0) is 34.9. The van der Waals surface area contributed by atoms with Gasteiger partial charge in [0.1, 0.15) is 5.58 Å². The topological polar surface area (TPSA) is 16.4 Å². The summed E-state index contributed by atoms with van der Waals surface area (Å²) >= 11 is 1.86. The van der Waals surface area contributed by atoms with Crippen molar-refractivity contribution >= 4 is 92.1 Å². The summed E-state index contributed by atoms with van der Waals surface area (Å²) in [7, 11) is 0. The highest BCUT2D eigenvalue weighted by atomic mass is 32.1. The predicted octanol–water partition coefficient (Wildman–Crippen LogP) is 15.1. The van der Waals surface area contributed by atoms with Crippen molar-refractivity contribution in [3.63, 3.8) is 0 Å². The Morgan fingerprint density at radius 1 is 0.396 bits per heavy atom. The molecule has 0 radical (unpaired) electrons. The van der Waals surface area contributed by atoms with E-state index in [1.165, 1.54) is 52.8 Å². The minimum atomic E-state index is 0.864. The van der Waals surface area contributed by atoms with Crippen LogP contribution in [0.3, 0.4) is 0 Å². The van der Waals surface area contributed by atoms with Gasteiger partial charge in [-0.05, 0) is 80.9 Å². The number of nitrogens with zero attached hydrogens (tertiary/aromatic N) is 1. The zero-order valence-electron chi connectivity index (χ0n) is 28.7. The number of anilines is 3. The second-order valence-corrected chi connectivity index (χ2v) is 14.7. The highest BCUT2D eigenvalue weighted by Crippen LogP contribution is 2.49. The lowest BCUT2D eigenvalue weighted by Crippen LogP contribution is -2.11. The van der Waals surface area contributed by atoms with Crippen LogP contribution in [0.15, 0.2) is 192 Å². The third-order valence-corrected chi connectivity index (χ3v) is 11.8. The van der Waals surface area contributed by atoms with Crippen molar-refractivity contribution in [1.82, 2.24) is 0 Å². The number of rotatable bonds is 5. The largest absolute Gasteiger partial charge is 0.454 e. The molecule has 3 heteroatoms. The monoisotopic (exact) mass is 693 g/mol. The molecular formula is C50H31NOS. The van der Waals surface area contributed by atoms with E-state index in [0.29, 0.717) is 0 Å². The van der Waals surface area contributed by atoms with E-state index in [1.54, 1.807) is 0 Å². The van der Waals surface area contributed by atoms with Crippen LogP contribution in [-0.4, -0.2) is 0 Å².